The van der Waals surface area contributed by atoms with Gasteiger partial charge < -0.3 is 9.90 Å². The number of hydrogen-bond acceptors (Lipinski definition) is 3. The van der Waals surface area contributed by atoms with Crippen LogP contribution in [-0.2, 0) is 29.3 Å². The Morgan fingerprint density at radius 3 is 1.50 bits per heavy atom. The molecule has 0 aliphatic rings. The summed E-state index contributed by atoms with van der Waals surface area (Å²) in [7, 11) is 9.34. The minimum atomic E-state index is -2.61. The van der Waals surface area contributed by atoms with Crippen LogP contribution >= 0.6 is 20.2 Å². The second-order valence-electron chi connectivity index (χ2n) is 0.765. The van der Waals surface area contributed by atoms with Gasteiger partial charge >= 0.3 is 62.9 Å². The molecule has 0 aliphatic carbocycles. The molecule has 0 bridgehead atoms. The van der Waals surface area contributed by atoms with E-state index in [1.54, 1.807) is 0 Å². The summed E-state index contributed by atoms with van der Waals surface area (Å²) in [6.07, 6.45) is 0. The maximum atomic E-state index is 8.89. The Morgan fingerprint density at radius 2 is 1.50 bits per heavy atom. The summed E-state index contributed by atoms with van der Waals surface area (Å²) in [6, 6.07) is 0. The zero-order chi connectivity index (χ0) is 9.86. The van der Waals surface area contributed by atoms with Crippen LogP contribution in [0.15, 0.2) is 0 Å². The Labute approximate surface area is 109 Å². The van der Waals surface area contributed by atoms with Gasteiger partial charge in [0.25, 0.3) is 11.4 Å². The molecule has 0 rings (SSSR count). The number of halogens is 2. The van der Waals surface area contributed by atoms with Crippen LogP contribution in [0.2, 0.25) is 0 Å². The average molecular weight is 299 g/mol. The molecule has 0 atom stereocenters. The van der Waals surface area contributed by atoms with Crippen molar-refractivity contribution >= 4 is 37.5 Å². The molecule has 10 heteroatoms. The van der Waals surface area contributed by atoms with E-state index in [9.17, 15) is 0 Å². The first-order valence-electron chi connectivity index (χ1n) is 1.67. The first-order valence-corrected chi connectivity index (χ1v) is 5.32. The van der Waals surface area contributed by atoms with Crippen molar-refractivity contribution < 1.29 is 65.9 Å². The summed E-state index contributed by atoms with van der Waals surface area (Å²) in [5, 5.41) is 8.89. The molecule has 0 aromatic heterocycles. The van der Waals surface area contributed by atoms with Crippen LogP contribution in [0.4, 0.5) is 0 Å². The van der Waals surface area contributed by atoms with E-state index >= 15 is 0 Å². The number of hydrogen-bond donors (Lipinski definition) is 2. The summed E-state index contributed by atoms with van der Waals surface area (Å²) < 4.78 is 22.8. The van der Waals surface area contributed by atoms with Gasteiger partial charge in [-0.2, -0.15) is 4.21 Å². The van der Waals surface area contributed by atoms with E-state index < -0.39 is 17.3 Å². The predicted octanol–water partition coefficient (Wildman–Crippen LogP) is -3.18. The fraction of sp³-hybridized carbons (Fsp3) is 0.500. The van der Waals surface area contributed by atoms with E-state index in [1.807, 2.05) is 0 Å². The molecule has 0 spiro atoms. The maximum Gasteiger partial charge on any atom is 1.00 e. The monoisotopic (exact) mass is 297 g/mol. The molecule has 0 aliphatic heterocycles. The summed E-state index contributed by atoms with van der Waals surface area (Å²) in [6.45, 7) is 0.972. The van der Waals surface area contributed by atoms with Gasteiger partial charge in [0.05, 0.1) is 0 Å². The van der Waals surface area contributed by atoms with Gasteiger partial charge in [-0.1, -0.05) is 0 Å². The van der Waals surface area contributed by atoms with E-state index in [2.05, 4.69) is 20.2 Å². The second kappa shape index (κ2) is 22.9. The van der Waals surface area contributed by atoms with Crippen molar-refractivity contribution in [2.75, 3.05) is 0 Å². The molecule has 0 saturated heterocycles. The average Bonchev–Trinajstić information content (AvgIpc) is 1.60. The van der Waals surface area contributed by atoms with Crippen LogP contribution in [0.5, 0.6) is 0 Å². The van der Waals surface area contributed by atoms with E-state index in [0.717, 1.165) is 20.1 Å². The number of aliphatic carboxylic acids is 1. The zero-order valence-corrected chi connectivity index (χ0v) is 11.4. The molecule has 5 nitrogen and oxygen atoms in total. The number of rotatable bonds is 0. The molecule has 0 heterocycles. The van der Waals surface area contributed by atoms with Gasteiger partial charge in [-0.3, -0.25) is 9.11 Å². The SMILES string of the molecule is CC(=O)[O-].O=S(O)O.[Cl][Cu][Cl].[Na+]. The van der Waals surface area contributed by atoms with Crippen LogP contribution < -0.4 is 34.7 Å². The number of carbonyl (C=O) groups is 1. The Kier molecular flexibility index (Phi) is 44.8. The number of carboxylic acids is 1. The van der Waals surface area contributed by atoms with Gasteiger partial charge in [-0.05, 0) is 6.92 Å². The van der Waals surface area contributed by atoms with Gasteiger partial charge in [0.1, 0.15) is 0 Å². The quantitative estimate of drug-likeness (QED) is 0.363. The third kappa shape index (κ3) is 490. The molecule has 0 saturated carbocycles. The van der Waals surface area contributed by atoms with Crippen LogP contribution in [-0.4, -0.2) is 19.3 Å². The molecular weight excluding hydrogens is 294 g/mol. The number of carboxylic acid groups (broad SMARTS) is 1. The van der Waals surface area contributed by atoms with E-state index in [1.165, 1.54) is 0 Å². The Morgan fingerprint density at radius 1 is 1.50 bits per heavy atom. The first kappa shape index (κ1) is 23.5. The summed E-state index contributed by atoms with van der Waals surface area (Å²) in [5.41, 5.74) is 0. The van der Waals surface area contributed by atoms with E-state index in [0.29, 0.717) is 0 Å². The Bertz CT molecular complexity index is 95.6. The fourth-order valence-electron chi connectivity index (χ4n) is 0. The van der Waals surface area contributed by atoms with Crippen molar-refractivity contribution in [3.63, 3.8) is 0 Å². The van der Waals surface area contributed by atoms with Crippen LogP contribution in [0.25, 0.3) is 0 Å². The molecule has 0 unspecified atom stereocenters. The predicted molar refractivity (Wildman–Crippen MR) is 35.8 cm³/mol. The summed E-state index contributed by atoms with van der Waals surface area (Å²) >= 11 is -1.85. The van der Waals surface area contributed by atoms with Gasteiger partial charge in [0, 0.05) is 5.97 Å². The van der Waals surface area contributed by atoms with Crippen molar-refractivity contribution in [1.82, 2.24) is 0 Å². The minimum Gasteiger partial charge on any atom is 1.00 e. The standard InChI is InChI=1S/C2H4O2.2ClH.Cu.Na.H2O3S/c1-2(3)4;;;;;1-4(2)3/h1H3,(H,3,4);2*1H;;;(H2,1,2,3)/q;;;+2;+1;/p-3. The smallest absolute Gasteiger partial charge is 1.00 e. The van der Waals surface area contributed by atoms with Crippen molar-refractivity contribution in [1.29, 1.82) is 0 Å². The third-order valence-electron chi connectivity index (χ3n) is 0. The summed E-state index contributed by atoms with van der Waals surface area (Å²) in [4.78, 5) is 8.89. The first-order chi connectivity index (χ1) is 4.88. The molecule has 75 valence electrons. The van der Waals surface area contributed by atoms with Gasteiger partial charge in [-0.25, -0.2) is 0 Å². The molecule has 2 N–H and O–H groups in total. The number of carbonyl (C=O) groups excluding carboxylic acids is 1. The van der Waals surface area contributed by atoms with E-state index in [4.69, 9.17) is 23.2 Å². The molecule has 0 aromatic carbocycles. The summed E-state index contributed by atoms with van der Waals surface area (Å²) in [5.74, 6) is -1.08. The van der Waals surface area contributed by atoms with Gasteiger partial charge in [-0.15, -0.1) is 0 Å². The molecule has 0 radical (unpaired) electrons. The minimum absolute atomic E-state index is 0. The van der Waals surface area contributed by atoms with Crippen molar-refractivity contribution in [2.45, 2.75) is 6.92 Å². The van der Waals surface area contributed by atoms with Gasteiger partial charge in [0.15, 0.2) is 0 Å². The molecular formula is C2H5Cl2CuNaO5S. The second-order valence-corrected chi connectivity index (χ2v) is 2.78. The normalized spacial score (nSPS) is 6.83. The van der Waals surface area contributed by atoms with E-state index in [-0.39, 0.29) is 29.6 Å². The van der Waals surface area contributed by atoms with Crippen LogP contribution in [0.3, 0.4) is 0 Å². The Hall–Kier alpha value is 1.64. The zero-order valence-electron chi connectivity index (χ0n) is 6.08. The fourth-order valence-corrected chi connectivity index (χ4v) is 0. The largest absolute Gasteiger partial charge is 1.00 e. The Balaban J connectivity index is -0.0000000389. The van der Waals surface area contributed by atoms with Crippen LogP contribution in [0, 0.1) is 0 Å². The van der Waals surface area contributed by atoms with Gasteiger partial charge in [0.2, 0.25) is 0 Å². The topological polar surface area (TPSA) is 97.7 Å². The molecule has 0 amide bonds. The van der Waals surface area contributed by atoms with Crippen molar-refractivity contribution in [2.24, 2.45) is 0 Å². The maximum absolute atomic E-state index is 8.89. The van der Waals surface area contributed by atoms with Crippen LogP contribution in [0.1, 0.15) is 6.92 Å². The van der Waals surface area contributed by atoms with Crippen molar-refractivity contribution in [3.05, 3.63) is 0 Å². The molecule has 0 aromatic rings. The molecule has 0 fully saturated rings. The van der Waals surface area contributed by atoms with Crippen molar-refractivity contribution in [3.8, 4) is 0 Å². The molecule has 12 heavy (non-hydrogen) atoms. The third-order valence-corrected chi connectivity index (χ3v) is 0.